The van der Waals surface area contributed by atoms with Gasteiger partial charge < -0.3 is 28.7 Å². The van der Waals surface area contributed by atoms with Crippen LogP contribution in [0.3, 0.4) is 0 Å². The molecule has 2 amide bonds. The first-order valence-electron chi connectivity index (χ1n) is 20.0. The molecule has 0 aliphatic carbocycles. The van der Waals surface area contributed by atoms with E-state index in [2.05, 4.69) is 33.6 Å². The molecule has 3 atom stereocenters. The van der Waals surface area contributed by atoms with Crippen molar-refractivity contribution in [2.45, 2.75) is 96.4 Å². The van der Waals surface area contributed by atoms with Gasteiger partial charge in [-0.2, -0.15) is 5.26 Å². The highest BCUT2D eigenvalue weighted by Gasteiger charge is 2.38. The van der Waals surface area contributed by atoms with Crippen molar-refractivity contribution in [1.29, 1.82) is 5.26 Å². The van der Waals surface area contributed by atoms with E-state index in [1.54, 1.807) is 30.0 Å². The molecule has 3 aliphatic rings. The third-order valence-electron chi connectivity index (χ3n) is 11.8. The van der Waals surface area contributed by atoms with Crippen LogP contribution < -0.4 is 4.74 Å². The zero-order valence-corrected chi connectivity index (χ0v) is 33.3. The molecule has 0 radical (unpaired) electrons. The Balaban J connectivity index is 1.41. The van der Waals surface area contributed by atoms with Crippen molar-refractivity contribution in [3.63, 3.8) is 0 Å². The van der Waals surface area contributed by atoms with Gasteiger partial charge in [-0.25, -0.2) is 18.6 Å². The SMILES string of the molecule is CC(=O)N1CCCC1c1cc2c(OCC3CCCN3C)nc3c(F)c(-c4cccc5ncc(F)cc45)c(CCC#N)cc3c2n1C1CCN(C(=O)OC(C)(C)C)C1. The number of fused-ring (bicyclic) bond motifs is 4. The Morgan fingerprint density at radius 2 is 1.82 bits per heavy atom. The summed E-state index contributed by atoms with van der Waals surface area (Å²) in [6.45, 7) is 9.84. The number of likely N-dealkylation sites (tertiary alicyclic amines) is 3. The molecule has 13 heteroatoms. The molecule has 298 valence electrons. The van der Waals surface area contributed by atoms with Gasteiger partial charge in [0.2, 0.25) is 11.8 Å². The fourth-order valence-electron chi connectivity index (χ4n) is 9.17. The summed E-state index contributed by atoms with van der Waals surface area (Å²) < 4.78 is 47.2. The highest BCUT2D eigenvalue weighted by molar-refractivity contribution is 6.09. The quantitative estimate of drug-likeness (QED) is 0.154. The van der Waals surface area contributed by atoms with Crippen molar-refractivity contribution < 1.29 is 27.8 Å². The van der Waals surface area contributed by atoms with Crippen molar-refractivity contribution >= 4 is 44.7 Å². The molecule has 3 fully saturated rings. The molecule has 0 saturated carbocycles. The largest absolute Gasteiger partial charge is 0.476 e. The van der Waals surface area contributed by atoms with Crippen LogP contribution in [-0.4, -0.2) is 92.7 Å². The van der Waals surface area contributed by atoms with Gasteiger partial charge in [0, 0.05) is 61.1 Å². The summed E-state index contributed by atoms with van der Waals surface area (Å²) in [6, 6.07) is 12.5. The van der Waals surface area contributed by atoms with Crippen molar-refractivity contribution in [2.24, 2.45) is 0 Å². The molecular weight excluding hydrogens is 729 g/mol. The number of rotatable bonds is 8. The van der Waals surface area contributed by atoms with Gasteiger partial charge in [-0.15, -0.1) is 0 Å². The van der Waals surface area contributed by atoms with Gasteiger partial charge in [-0.05, 0) is 108 Å². The van der Waals surface area contributed by atoms with Crippen LogP contribution in [0, 0.1) is 23.0 Å². The van der Waals surface area contributed by atoms with E-state index in [1.165, 1.54) is 6.07 Å². The highest BCUT2D eigenvalue weighted by Crippen LogP contribution is 2.46. The molecule has 5 aromatic rings. The summed E-state index contributed by atoms with van der Waals surface area (Å²) >= 11 is 0. The second kappa shape index (κ2) is 15.2. The van der Waals surface area contributed by atoms with Crippen LogP contribution in [0.4, 0.5) is 13.6 Å². The molecule has 57 heavy (non-hydrogen) atoms. The number of benzene rings is 2. The number of nitriles is 1. The van der Waals surface area contributed by atoms with Gasteiger partial charge in [0.1, 0.15) is 23.5 Å². The maximum atomic E-state index is 17.8. The predicted molar refractivity (Wildman–Crippen MR) is 214 cm³/mol. The number of carbonyl (C=O) groups excluding carboxylic acids is 2. The summed E-state index contributed by atoms with van der Waals surface area (Å²) in [5.74, 6) is -0.900. The smallest absolute Gasteiger partial charge is 0.410 e. The lowest BCUT2D eigenvalue weighted by Gasteiger charge is -2.28. The van der Waals surface area contributed by atoms with Crippen molar-refractivity contribution in [2.75, 3.05) is 39.8 Å². The second-order valence-corrected chi connectivity index (χ2v) is 16.8. The first kappa shape index (κ1) is 38.5. The van der Waals surface area contributed by atoms with E-state index >= 15 is 4.39 Å². The lowest BCUT2D eigenvalue weighted by atomic mass is 9.91. The number of nitrogens with zero attached hydrogens (tertiary/aromatic N) is 7. The number of halogens is 2. The maximum Gasteiger partial charge on any atom is 0.410 e. The number of hydrogen-bond acceptors (Lipinski definition) is 8. The first-order chi connectivity index (χ1) is 27.3. The molecule has 6 heterocycles. The third-order valence-corrected chi connectivity index (χ3v) is 11.8. The average molecular weight is 778 g/mol. The van der Waals surface area contributed by atoms with Crippen LogP contribution >= 0.6 is 0 Å². The Kier molecular flexibility index (Phi) is 10.3. The number of aromatic nitrogens is 3. The van der Waals surface area contributed by atoms with E-state index in [1.807, 2.05) is 31.7 Å². The number of likely N-dealkylation sites (N-methyl/N-ethyl adjacent to an activating group) is 1. The molecule has 0 N–H and O–H groups in total. The lowest BCUT2D eigenvalue weighted by molar-refractivity contribution is -0.129. The highest BCUT2D eigenvalue weighted by atomic mass is 19.1. The topological polar surface area (TPSA) is 117 Å². The normalized spacial score (nSPS) is 20.3. The van der Waals surface area contributed by atoms with E-state index in [0.29, 0.717) is 71.0 Å². The summed E-state index contributed by atoms with van der Waals surface area (Å²) in [5.41, 5.74) is 2.75. The Morgan fingerprint density at radius 3 is 2.56 bits per heavy atom. The van der Waals surface area contributed by atoms with Gasteiger partial charge in [-0.1, -0.05) is 12.1 Å². The minimum Gasteiger partial charge on any atom is -0.476 e. The molecule has 8 rings (SSSR count). The zero-order chi connectivity index (χ0) is 40.2. The molecular formula is C44H49F2N7O4. The molecule has 3 unspecified atom stereocenters. The monoisotopic (exact) mass is 777 g/mol. The predicted octanol–water partition coefficient (Wildman–Crippen LogP) is 8.48. The second-order valence-electron chi connectivity index (χ2n) is 16.8. The van der Waals surface area contributed by atoms with Gasteiger partial charge in [0.15, 0.2) is 5.82 Å². The fourth-order valence-corrected chi connectivity index (χ4v) is 9.17. The molecule has 2 aromatic carbocycles. The Labute approximate surface area is 331 Å². The van der Waals surface area contributed by atoms with Crippen LogP contribution in [0.1, 0.15) is 89.6 Å². The minimum atomic E-state index is -0.672. The standard InChI is InChI=1S/C44H49F2N7O4/c1-26(54)52-18-9-14-36(52)37-22-34-41(53(37)29-15-19-51(24-29)43(55)57-44(2,3)4)33-20-27(10-7-16-47)38(31-12-6-13-35-32(31)21-28(45)23-48-35)39(46)40(33)49-42(34)56-25-30-11-8-17-50(30)5/h6,12-13,20-23,29-30,36H,7-11,14-15,17-19,24-25H2,1-5H3. The van der Waals surface area contributed by atoms with Crippen molar-refractivity contribution in [3.8, 4) is 23.1 Å². The first-order valence-corrected chi connectivity index (χ1v) is 20.0. The summed E-state index contributed by atoms with van der Waals surface area (Å²) in [4.78, 5) is 41.6. The summed E-state index contributed by atoms with van der Waals surface area (Å²) in [6.07, 6.45) is 5.27. The van der Waals surface area contributed by atoms with Gasteiger partial charge in [0.25, 0.3) is 0 Å². The van der Waals surface area contributed by atoms with E-state index in [-0.39, 0.29) is 53.8 Å². The molecule has 0 spiro atoms. The van der Waals surface area contributed by atoms with Gasteiger partial charge in [-0.3, -0.25) is 9.78 Å². The number of carbonyl (C=O) groups is 2. The van der Waals surface area contributed by atoms with Gasteiger partial charge >= 0.3 is 6.09 Å². The number of hydrogen-bond donors (Lipinski definition) is 0. The Morgan fingerprint density at radius 1 is 1.02 bits per heavy atom. The summed E-state index contributed by atoms with van der Waals surface area (Å²) in [7, 11) is 2.07. The average Bonchev–Trinajstić information content (AvgIpc) is 3.99. The summed E-state index contributed by atoms with van der Waals surface area (Å²) in [5, 5.41) is 11.4. The van der Waals surface area contributed by atoms with Crippen LogP contribution in [-0.2, 0) is 16.0 Å². The Bertz CT molecular complexity index is 2440. The molecule has 3 saturated heterocycles. The fraction of sp³-hybridized carbons (Fsp3) is 0.477. The number of pyridine rings is 2. The molecule has 3 aliphatic heterocycles. The van der Waals surface area contributed by atoms with Crippen LogP contribution in [0.25, 0.3) is 43.8 Å². The van der Waals surface area contributed by atoms with Gasteiger partial charge in [0.05, 0.1) is 40.8 Å². The third kappa shape index (κ3) is 7.24. The van der Waals surface area contributed by atoms with Crippen LogP contribution in [0.2, 0.25) is 0 Å². The number of amides is 2. The van der Waals surface area contributed by atoms with Crippen LogP contribution in [0.5, 0.6) is 5.88 Å². The molecule has 0 bridgehead atoms. The Hall–Kier alpha value is -5.35. The lowest BCUT2D eigenvalue weighted by Crippen LogP contribution is -2.35. The number of ether oxygens (including phenoxy) is 2. The maximum absolute atomic E-state index is 17.8. The molecule has 3 aromatic heterocycles. The van der Waals surface area contributed by atoms with Crippen LogP contribution in [0.15, 0.2) is 42.6 Å². The number of aryl methyl sites for hydroxylation is 1. The van der Waals surface area contributed by atoms with E-state index in [9.17, 15) is 19.2 Å². The van der Waals surface area contributed by atoms with Crippen molar-refractivity contribution in [1.82, 2.24) is 29.2 Å². The van der Waals surface area contributed by atoms with E-state index in [4.69, 9.17) is 14.5 Å². The molecule has 11 nitrogen and oxygen atoms in total. The van der Waals surface area contributed by atoms with E-state index in [0.717, 1.165) is 44.1 Å². The minimum absolute atomic E-state index is 0.0321. The van der Waals surface area contributed by atoms with Crippen molar-refractivity contribution in [3.05, 3.63) is 65.5 Å². The van der Waals surface area contributed by atoms with E-state index < -0.39 is 23.3 Å². The zero-order valence-electron chi connectivity index (χ0n) is 33.3.